The maximum Gasteiger partial charge on any atom is 0.275 e. The van der Waals surface area contributed by atoms with Crippen molar-refractivity contribution in [3.05, 3.63) is 39.5 Å². The molecule has 1 aromatic rings. The van der Waals surface area contributed by atoms with Crippen LogP contribution in [-0.2, 0) is 4.79 Å². The number of amidine groups is 1. The van der Waals surface area contributed by atoms with E-state index < -0.39 is 0 Å². The van der Waals surface area contributed by atoms with Crippen molar-refractivity contribution in [3.63, 3.8) is 0 Å². The van der Waals surface area contributed by atoms with Crippen LogP contribution in [0.2, 0.25) is 10.0 Å². The maximum absolute atomic E-state index is 11.5. The Bertz CT molecular complexity index is 540. The summed E-state index contributed by atoms with van der Waals surface area (Å²) in [5, 5.41) is 4.28. The second kappa shape index (κ2) is 5.12. The molecule has 0 saturated heterocycles. The number of amides is 1. The number of hydrogen-bond acceptors (Lipinski definition) is 3. The molecule has 0 fully saturated rings. The van der Waals surface area contributed by atoms with Crippen molar-refractivity contribution in [1.29, 1.82) is 0 Å². The average molecular weight is 287 g/mol. The molecule has 88 valence electrons. The maximum atomic E-state index is 11.5. The minimum absolute atomic E-state index is 0.222. The quantitative estimate of drug-likeness (QED) is 0.806. The van der Waals surface area contributed by atoms with Crippen LogP contribution in [0.3, 0.4) is 0 Å². The first-order chi connectivity index (χ1) is 8.10. The van der Waals surface area contributed by atoms with Gasteiger partial charge in [-0.15, -0.1) is 0 Å². The Balaban J connectivity index is 2.36. The van der Waals surface area contributed by atoms with Crippen molar-refractivity contribution in [2.45, 2.75) is 0 Å². The van der Waals surface area contributed by atoms with Gasteiger partial charge in [-0.2, -0.15) is 0 Å². The van der Waals surface area contributed by atoms with E-state index >= 15 is 0 Å². The molecule has 0 aromatic heterocycles. The zero-order valence-corrected chi connectivity index (χ0v) is 11.2. The average Bonchev–Trinajstić information content (AvgIpc) is 2.64. The molecule has 1 aliphatic rings. The van der Waals surface area contributed by atoms with E-state index in [1.165, 1.54) is 11.8 Å². The number of carbonyl (C=O) groups excluding carboxylic acids is 1. The highest BCUT2D eigenvalue weighted by molar-refractivity contribution is 8.13. The van der Waals surface area contributed by atoms with Crippen LogP contribution in [0.4, 0.5) is 0 Å². The van der Waals surface area contributed by atoms with Crippen molar-refractivity contribution < 1.29 is 4.79 Å². The molecule has 0 spiro atoms. The first kappa shape index (κ1) is 12.5. The number of thioether (sulfide) groups is 1. The van der Waals surface area contributed by atoms with E-state index in [1.54, 1.807) is 24.3 Å². The van der Waals surface area contributed by atoms with E-state index in [0.29, 0.717) is 26.5 Å². The fourth-order valence-corrected chi connectivity index (χ4v) is 2.16. The summed E-state index contributed by atoms with van der Waals surface area (Å²) in [6.07, 6.45) is 3.48. The van der Waals surface area contributed by atoms with Gasteiger partial charge in [0.15, 0.2) is 5.17 Å². The van der Waals surface area contributed by atoms with E-state index in [0.717, 1.165) is 0 Å². The standard InChI is InChI=1S/C11H8Cl2N2OS/c1-17-11-14-9(10(16)15-11)4-6-2-3-7(12)5-8(6)13/h2-5H,1H3,(H,14,15,16)/b9-4-. The van der Waals surface area contributed by atoms with Crippen LogP contribution in [0.5, 0.6) is 0 Å². The van der Waals surface area contributed by atoms with Crippen molar-refractivity contribution in [1.82, 2.24) is 5.32 Å². The van der Waals surface area contributed by atoms with Crippen LogP contribution in [0.15, 0.2) is 28.9 Å². The normalized spacial score (nSPS) is 17.2. The molecule has 0 unspecified atom stereocenters. The Hall–Kier alpha value is -0.970. The SMILES string of the molecule is CSC1=N/C(=C\c2ccc(Cl)cc2Cl)C(=O)N1. The highest BCUT2D eigenvalue weighted by Gasteiger charge is 2.19. The summed E-state index contributed by atoms with van der Waals surface area (Å²) < 4.78 is 0. The van der Waals surface area contributed by atoms with Gasteiger partial charge in [-0.1, -0.05) is 41.0 Å². The molecular weight excluding hydrogens is 279 g/mol. The summed E-state index contributed by atoms with van der Waals surface area (Å²) >= 11 is 13.2. The summed E-state index contributed by atoms with van der Waals surface area (Å²) in [5.74, 6) is -0.222. The van der Waals surface area contributed by atoms with Gasteiger partial charge in [-0.25, -0.2) is 4.99 Å². The summed E-state index contributed by atoms with van der Waals surface area (Å²) in [4.78, 5) is 15.7. The van der Waals surface area contributed by atoms with Crippen molar-refractivity contribution in [3.8, 4) is 0 Å². The molecule has 0 bridgehead atoms. The van der Waals surface area contributed by atoms with E-state index in [-0.39, 0.29) is 5.91 Å². The van der Waals surface area contributed by atoms with Crippen LogP contribution >= 0.6 is 35.0 Å². The molecule has 0 aliphatic carbocycles. The fraction of sp³-hybridized carbons (Fsp3) is 0.0909. The van der Waals surface area contributed by atoms with Crippen LogP contribution in [0, 0.1) is 0 Å². The number of halogens is 2. The van der Waals surface area contributed by atoms with Crippen molar-refractivity contribution in [2.24, 2.45) is 4.99 Å². The highest BCUT2D eigenvalue weighted by Crippen LogP contribution is 2.24. The smallest absolute Gasteiger partial charge is 0.275 e. The van der Waals surface area contributed by atoms with Gasteiger partial charge >= 0.3 is 0 Å². The molecule has 17 heavy (non-hydrogen) atoms. The molecule has 1 aromatic carbocycles. The van der Waals surface area contributed by atoms with Crippen LogP contribution < -0.4 is 5.32 Å². The Morgan fingerprint density at radius 2 is 2.18 bits per heavy atom. The molecule has 2 rings (SSSR count). The van der Waals surface area contributed by atoms with E-state index in [2.05, 4.69) is 10.3 Å². The summed E-state index contributed by atoms with van der Waals surface area (Å²) in [6, 6.07) is 5.09. The van der Waals surface area contributed by atoms with Gasteiger partial charge in [-0.05, 0) is 30.0 Å². The Kier molecular flexibility index (Phi) is 3.76. The molecular formula is C11H8Cl2N2OS. The molecule has 1 aliphatic heterocycles. The lowest BCUT2D eigenvalue weighted by atomic mass is 10.2. The molecule has 1 heterocycles. The third-order valence-corrected chi connectivity index (χ3v) is 3.27. The lowest BCUT2D eigenvalue weighted by molar-refractivity contribution is -0.115. The minimum Gasteiger partial charge on any atom is -0.300 e. The lowest BCUT2D eigenvalue weighted by Crippen LogP contribution is -2.21. The van der Waals surface area contributed by atoms with Gasteiger partial charge in [0.2, 0.25) is 0 Å². The minimum atomic E-state index is -0.222. The zero-order chi connectivity index (χ0) is 12.4. The third kappa shape index (κ3) is 2.83. The highest BCUT2D eigenvalue weighted by atomic mass is 35.5. The summed E-state index contributed by atoms with van der Waals surface area (Å²) in [5.41, 5.74) is 1.06. The van der Waals surface area contributed by atoms with Crippen LogP contribution in [0.25, 0.3) is 6.08 Å². The molecule has 0 atom stereocenters. The molecule has 0 radical (unpaired) electrons. The largest absolute Gasteiger partial charge is 0.300 e. The second-order valence-electron chi connectivity index (χ2n) is 3.27. The molecule has 3 nitrogen and oxygen atoms in total. The number of carbonyl (C=O) groups is 1. The van der Waals surface area contributed by atoms with Gasteiger partial charge in [0.25, 0.3) is 5.91 Å². The zero-order valence-electron chi connectivity index (χ0n) is 8.83. The number of benzene rings is 1. The summed E-state index contributed by atoms with van der Waals surface area (Å²) in [7, 11) is 0. The Labute approximate surface area is 113 Å². The number of nitrogens with one attached hydrogen (secondary N) is 1. The van der Waals surface area contributed by atoms with Gasteiger partial charge in [-0.3, -0.25) is 10.1 Å². The fourth-order valence-electron chi connectivity index (χ4n) is 1.31. The molecule has 6 heteroatoms. The first-order valence-electron chi connectivity index (χ1n) is 4.71. The van der Waals surface area contributed by atoms with Crippen LogP contribution in [-0.4, -0.2) is 17.3 Å². The first-order valence-corrected chi connectivity index (χ1v) is 6.69. The van der Waals surface area contributed by atoms with Gasteiger partial charge < -0.3 is 0 Å². The Morgan fingerprint density at radius 1 is 1.41 bits per heavy atom. The second-order valence-corrected chi connectivity index (χ2v) is 4.91. The van der Waals surface area contributed by atoms with Crippen molar-refractivity contribution in [2.75, 3.05) is 6.26 Å². The Morgan fingerprint density at radius 3 is 2.76 bits per heavy atom. The topological polar surface area (TPSA) is 41.5 Å². The van der Waals surface area contributed by atoms with Gasteiger partial charge in [0.1, 0.15) is 5.70 Å². The van der Waals surface area contributed by atoms with Gasteiger partial charge in [0, 0.05) is 10.0 Å². The number of rotatable bonds is 1. The lowest BCUT2D eigenvalue weighted by Gasteiger charge is -1.99. The summed E-state index contributed by atoms with van der Waals surface area (Å²) in [6.45, 7) is 0. The van der Waals surface area contributed by atoms with Crippen molar-refractivity contribution >= 4 is 52.1 Å². The van der Waals surface area contributed by atoms with Crippen LogP contribution in [0.1, 0.15) is 5.56 Å². The van der Waals surface area contributed by atoms with E-state index in [1.807, 2.05) is 6.26 Å². The number of nitrogens with zero attached hydrogens (tertiary/aromatic N) is 1. The molecule has 1 amide bonds. The third-order valence-electron chi connectivity index (χ3n) is 2.12. The number of hydrogen-bond donors (Lipinski definition) is 1. The predicted octanol–water partition coefficient (Wildman–Crippen LogP) is 3.18. The van der Waals surface area contributed by atoms with Gasteiger partial charge in [0.05, 0.1) is 0 Å². The predicted molar refractivity (Wildman–Crippen MR) is 73.5 cm³/mol. The molecule has 1 N–H and O–H groups in total. The van der Waals surface area contributed by atoms with E-state index in [4.69, 9.17) is 23.2 Å². The molecule has 0 saturated carbocycles. The van der Waals surface area contributed by atoms with E-state index in [9.17, 15) is 4.79 Å². The number of aliphatic imine (C=N–C) groups is 1. The monoisotopic (exact) mass is 286 g/mol.